The normalized spacial score (nSPS) is 17.1. The Hall–Kier alpha value is -0.900. The average molecular weight is 275 g/mol. The molecule has 1 aliphatic rings. The maximum atomic E-state index is 3.40. The maximum absolute atomic E-state index is 3.40. The van der Waals surface area contributed by atoms with E-state index in [2.05, 4.69) is 60.3 Å². The number of piperazine rings is 1. The minimum atomic E-state index is 0.620. The lowest BCUT2D eigenvalue weighted by Gasteiger charge is -2.29. The molecule has 3 heteroatoms. The van der Waals surface area contributed by atoms with Crippen molar-refractivity contribution in [3.05, 3.63) is 35.4 Å². The highest BCUT2D eigenvalue weighted by Gasteiger charge is 2.10. The summed E-state index contributed by atoms with van der Waals surface area (Å²) in [6.07, 6.45) is 0. The van der Waals surface area contributed by atoms with E-state index in [1.807, 2.05) is 0 Å². The monoisotopic (exact) mass is 275 g/mol. The molecule has 0 bridgehead atoms. The maximum Gasteiger partial charge on any atom is 0.0231 e. The molecule has 0 unspecified atom stereocenters. The van der Waals surface area contributed by atoms with Crippen molar-refractivity contribution in [1.82, 2.24) is 15.1 Å². The van der Waals surface area contributed by atoms with E-state index in [-0.39, 0.29) is 0 Å². The van der Waals surface area contributed by atoms with Gasteiger partial charge in [0, 0.05) is 45.8 Å². The van der Waals surface area contributed by atoms with Gasteiger partial charge in [-0.05, 0) is 24.1 Å². The summed E-state index contributed by atoms with van der Waals surface area (Å²) in [4.78, 5) is 4.97. The predicted octanol–water partition coefficient (Wildman–Crippen LogP) is 2.15. The molecule has 2 rings (SSSR count). The number of rotatable bonds is 6. The summed E-state index contributed by atoms with van der Waals surface area (Å²) in [5.74, 6) is 0.620. The van der Waals surface area contributed by atoms with E-state index in [1.165, 1.54) is 30.8 Å². The zero-order valence-corrected chi connectivity index (χ0v) is 13.2. The number of hydrogen-bond acceptors (Lipinski definition) is 3. The fourth-order valence-electron chi connectivity index (χ4n) is 2.65. The summed E-state index contributed by atoms with van der Waals surface area (Å²) in [6.45, 7) is 12.5. The number of hydrogen-bond donors (Lipinski definition) is 1. The second-order valence-electron chi connectivity index (χ2n) is 6.23. The summed E-state index contributed by atoms with van der Waals surface area (Å²) in [5.41, 5.74) is 2.84. The van der Waals surface area contributed by atoms with Crippen molar-refractivity contribution < 1.29 is 0 Å². The smallest absolute Gasteiger partial charge is 0.0231 e. The highest BCUT2D eigenvalue weighted by molar-refractivity contribution is 5.24. The molecule has 112 valence electrons. The standard InChI is InChI=1S/C17H29N3/c1-15(2)17-6-4-16(5-7-17)14-19(3)12-13-20-10-8-18-9-11-20/h4-7,15,18H,8-14H2,1-3H3. The lowest BCUT2D eigenvalue weighted by atomic mass is 10.0. The van der Waals surface area contributed by atoms with Crippen LogP contribution in [0.1, 0.15) is 30.9 Å². The van der Waals surface area contributed by atoms with Gasteiger partial charge in [0.2, 0.25) is 0 Å². The Kier molecular flexibility index (Phi) is 6.02. The number of benzene rings is 1. The van der Waals surface area contributed by atoms with Crippen molar-refractivity contribution in [2.45, 2.75) is 26.3 Å². The molecular formula is C17H29N3. The molecule has 1 saturated heterocycles. The average Bonchev–Trinajstić information content (AvgIpc) is 2.47. The van der Waals surface area contributed by atoms with Gasteiger partial charge in [0.1, 0.15) is 0 Å². The van der Waals surface area contributed by atoms with E-state index < -0.39 is 0 Å². The van der Waals surface area contributed by atoms with E-state index >= 15 is 0 Å². The van der Waals surface area contributed by atoms with Crippen LogP contribution in [0.15, 0.2) is 24.3 Å². The third-order valence-corrected chi connectivity index (χ3v) is 4.11. The fraction of sp³-hybridized carbons (Fsp3) is 0.647. The van der Waals surface area contributed by atoms with E-state index in [1.54, 1.807) is 0 Å². The molecule has 0 saturated carbocycles. The van der Waals surface area contributed by atoms with E-state index in [0.717, 1.165) is 26.2 Å². The first-order valence-corrected chi connectivity index (χ1v) is 7.85. The van der Waals surface area contributed by atoms with Crippen LogP contribution < -0.4 is 5.32 Å². The number of likely N-dealkylation sites (N-methyl/N-ethyl adjacent to an activating group) is 1. The molecule has 0 radical (unpaired) electrons. The first-order chi connectivity index (χ1) is 9.65. The zero-order chi connectivity index (χ0) is 14.4. The molecular weight excluding hydrogens is 246 g/mol. The van der Waals surface area contributed by atoms with Gasteiger partial charge in [-0.25, -0.2) is 0 Å². The van der Waals surface area contributed by atoms with Gasteiger partial charge < -0.3 is 10.2 Å². The topological polar surface area (TPSA) is 18.5 Å². The van der Waals surface area contributed by atoms with Gasteiger partial charge in [0.05, 0.1) is 0 Å². The molecule has 1 fully saturated rings. The lowest BCUT2D eigenvalue weighted by molar-refractivity contribution is 0.202. The molecule has 1 N–H and O–H groups in total. The van der Waals surface area contributed by atoms with E-state index in [0.29, 0.717) is 5.92 Å². The SMILES string of the molecule is CC(C)c1ccc(CN(C)CCN2CCNCC2)cc1. The molecule has 0 aromatic heterocycles. The van der Waals surface area contributed by atoms with Gasteiger partial charge in [-0.2, -0.15) is 0 Å². The van der Waals surface area contributed by atoms with Crippen molar-refractivity contribution in [2.24, 2.45) is 0 Å². The van der Waals surface area contributed by atoms with Crippen LogP contribution in [-0.2, 0) is 6.54 Å². The van der Waals surface area contributed by atoms with Gasteiger partial charge in [-0.15, -0.1) is 0 Å². The van der Waals surface area contributed by atoms with Gasteiger partial charge in [-0.1, -0.05) is 38.1 Å². The van der Waals surface area contributed by atoms with Crippen molar-refractivity contribution in [1.29, 1.82) is 0 Å². The fourth-order valence-corrected chi connectivity index (χ4v) is 2.65. The highest BCUT2D eigenvalue weighted by atomic mass is 15.2. The molecule has 0 amide bonds. The summed E-state index contributed by atoms with van der Waals surface area (Å²) < 4.78 is 0. The first kappa shape index (κ1) is 15.5. The minimum Gasteiger partial charge on any atom is -0.314 e. The molecule has 0 aliphatic carbocycles. The Morgan fingerprint density at radius 1 is 1.15 bits per heavy atom. The van der Waals surface area contributed by atoms with Crippen LogP contribution in [0, 0.1) is 0 Å². The van der Waals surface area contributed by atoms with Crippen molar-refractivity contribution >= 4 is 0 Å². The van der Waals surface area contributed by atoms with Gasteiger partial charge in [-0.3, -0.25) is 4.90 Å². The minimum absolute atomic E-state index is 0.620. The lowest BCUT2D eigenvalue weighted by Crippen LogP contribution is -2.45. The molecule has 0 atom stereocenters. The van der Waals surface area contributed by atoms with Crippen molar-refractivity contribution in [3.8, 4) is 0 Å². The number of nitrogens with one attached hydrogen (secondary N) is 1. The molecule has 1 aromatic rings. The molecule has 1 aromatic carbocycles. The Labute approximate surface area is 124 Å². The molecule has 1 aliphatic heterocycles. The molecule has 3 nitrogen and oxygen atoms in total. The van der Waals surface area contributed by atoms with Gasteiger partial charge >= 0.3 is 0 Å². The highest BCUT2D eigenvalue weighted by Crippen LogP contribution is 2.15. The third-order valence-electron chi connectivity index (χ3n) is 4.11. The van der Waals surface area contributed by atoms with Crippen LogP contribution in [0.4, 0.5) is 0 Å². The van der Waals surface area contributed by atoms with Gasteiger partial charge in [0.25, 0.3) is 0 Å². The Balaban J connectivity index is 1.74. The molecule has 20 heavy (non-hydrogen) atoms. The van der Waals surface area contributed by atoms with Crippen molar-refractivity contribution in [3.63, 3.8) is 0 Å². The van der Waals surface area contributed by atoms with Gasteiger partial charge in [0.15, 0.2) is 0 Å². The predicted molar refractivity (Wildman–Crippen MR) is 86.2 cm³/mol. The van der Waals surface area contributed by atoms with Crippen LogP contribution in [0.5, 0.6) is 0 Å². The molecule has 1 heterocycles. The summed E-state index contributed by atoms with van der Waals surface area (Å²) in [6, 6.07) is 9.08. The summed E-state index contributed by atoms with van der Waals surface area (Å²) >= 11 is 0. The molecule has 0 spiro atoms. The van der Waals surface area contributed by atoms with Crippen LogP contribution in [-0.4, -0.2) is 56.1 Å². The Morgan fingerprint density at radius 2 is 1.80 bits per heavy atom. The van der Waals surface area contributed by atoms with Crippen LogP contribution in [0.2, 0.25) is 0 Å². The van der Waals surface area contributed by atoms with Crippen LogP contribution in [0.25, 0.3) is 0 Å². The Bertz CT molecular complexity index is 380. The number of nitrogens with zero attached hydrogens (tertiary/aromatic N) is 2. The van der Waals surface area contributed by atoms with Crippen LogP contribution >= 0.6 is 0 Å². The van der Waals surface area contributed by atoms with Crippen LogP contribution in [0.3, 0.4) is 0 Å². The van der Waals surface area contributed by atoms with E-state index in [4.69, 9.17) is 0 Å². The largest absolute Gasteiger partial charge is 0.314 e. The zero-order valence-electron chi connectivity index (χ0n) is 13.2. The third kappa shape index (κ3) is 4.89. The second kappa shape index (κ2) is 7.77. The van der Waals surface area contributed by atoms with Crippen molar-refractivity contribution in [2.75, 3.05) is 46.3 Å². The summed E-state index contributed by atoms with van der Waals surface area (Å²) in [5, 5.41) is 3.40. The van der Waals surface area contributed by atoms with E-state index in [9.17, 15) is 0 Å². The quantitative estimate of drug-likeness (QED) is 0.858. The Morgan fingerprint density at radius 3 is 2.40 bits per heavy atom. The first-order valence-electron chi connectivity index (χ1n) is 7.85. The summed E-state index contributed by atoms with van der Waals surface area (Å²) in [7, 11) is 2.22. The second-order valence-corrected chi connectivity index (χ2v) is 6.23.